The maximum Gasteiger partial charge on any atom is 0.261 e. The zero-order valence-electron chi connectivity index (χ0n) is 18.9. The van der Waals surface area contributed by atoms with Crippen LogP contribution in [0.25, 0.3) is 0 Å². The van der Waals surface area contributed by atoms with Gasteiger partial charge in [0.05, 0.1) is 11.1 Å². The molecule has 0 spiro atoms. The summed E-state index contributed by atoms with van der Waals surface area (Å²) < 4.78 is 0. The highest BCUT2D eigenvalue weighted by Crippen LogP contribution is 2.25. The molecule has 0 bridgehead atoms. The summed E-state index contributed by atoms with van der Waals surface area (Å²) in [5.74, 6) is -0.720. The zero-order chi connectivity index (χ0) is 23.4. The molecule has 1 aliphatic heterocycles. The molecular formula is C25H29N3O4. The molecule has 2 N–H and O–H groups in total. The van der Waals surface area contributed by atoms with E-state index in [0.29, 0.717) is 29.2 Å². The van der Waals surface area contributed by atoms with Gasteiger partial charge >= 0.3 is 0 Å². The average molecular weight is 436 g/mol. The van der Waals surface area contributed by atoms with Gasteiger partial charge < -0.3 is 10.6 Å². The lowest BCUT2D eigenvalue weighted by Crippen LogP contribution is -2.34. The van der Waals surface area contributed by atoms with Crippen LogP contribution in [0, 0.1) is 5.92 Å². The predicted octanol–water partition coefficient (Wildman–Crippen LogP) is 3.22. The zero-order valence-corrected chi connectivity index (χ0v) is 18.9. The smallest absolute Gasteiger partial charge is 0.261 e. The van der Waals surface area contributed by atoms with E-state index in [1.807, 2.05) is 26.0 Å². The number of imide groups is 1. The second-order valence-corrected chi connectivity index (χ2v) is 8.66. The predicted molar refractivity (Wildman–Crippen MR) is 122 cm³/mol. The SMILES string of the molecule is CC(C)CN1C(=O)c2ccc(C(=O)NCCNC(=O)c3ccc(C(C)C)cc3)cc2C1=O. The van der Waals surface area contributed by atoms with Crippen LogP contribution in [0.15, 0.2) is 42.5 Å². The number of benzene rings is 2. The fourth-order valence-electron chi connectivity index (χ4n) is 3.54. The molecule has 0 unspecified atom stereocenters. The van der Waals surface area contributed by atoms with Crippen LogP contribution in [0.4, 0.5) is 0 Å². The number of carbonyl (C=O) groups excluding carboxylic acids is 4. The Morgan fingerprint density at radius 1 is 0.781 bits per heavy atom. The van der Waals surface area contributed by atoms with E-state index in [-0.39, 0.29) is 48.2 Å². The van der Waals surface area contributed by atoms with Gasteiger partial charge in [0.2, 0.25) is 0 Å². The van der Waals surface area contributed by atoms with Gasteiger partial charge in [0, 0.05) is 30.8 Å². The van der Waals surface area contributed by atoms with Gasteiger partial charge in [0.25, 0.3) is 23.6 Å². The molecule has 32 heavy (non-hydrogen) atoms. The molecule has 168 valence electrons. The normalized spacial score (nSPS) is 13.0. The fraction of sp³-hybridized carbons (Fsp3) is 0.360. The Morgan fingerprint density at radius 3 is 1.88 bits per heavy atom. The Balaban J connectivity index is 1.53. The second kappa shape index (κ2) is 9.77. The van der Waals surface area contributed by atoms with Gasteiger partial charge in [0.1, 0.15) is 0 Å². The molecule has 0 saturated carbocycles. The number of hydrogen-bond donors (Lipinski definition) is 2. The fourth-order valence-corrected chi connectivity index (χ4v) is 3.54. The molecule has 0 radical (unpaired) electrons. The summed E-state index contributed by atoms with van der Waals surface area (Å²) in [6.45, 7) is 8.89. The Hall–Kier alpha value is -3.48. The Labute approximate surface area is 188 Å². The van der Waals surface area contributed by atoms with Crippen molar-refractivity contribution in [2.24, 2.45) is 5.92 Å². The molecule has 0 fully saturated rings. The first-order valence-corrected chi connectivity index (χ1v) is 10.9. The van der Waals surface area contributed by atoms with Crippen LogP contribution in [-0.4, -0.2) is 48.2 Å². The summed E-state index contributed by atoms with van der Waals surface area (Å²) in [5, 5.41) is 5.50. The summed E-state index contributed by atoms with van der Waals surface area (Å²) >= 11 is 0. The highest BCUT2D eigenvalue weighted by molar-refractivity contribution is 6.22. The van der Waals surface area contributed by atoms with E-state index in [1.165, 1.54) is 23.1 Å². The molecule has 0 atom stereocenters. The Bertz CT molecular complexity index is 1040. The largest absolute Gasteiger partial charge is 0.350 e. The van der Waals surface area contributed by atoms with Crippen LogP contribution in [0.1, 0.15) is 80.6 Å². The molecule has 2 aromatic rings. The molecule has 7 heteroatoms. The van der Waals surface area contributed by atoms with E-state index in [4.69, 9.17) is 0 Å². The topological polar surface area (TPSA) is 95.6 Å². The van der Waals surface area contributed by atoms with E-state index < -0.39 is 0 Å². The highest BCUT2D eigenvalue weighted by atomic mass is 16.2. The first-order chi connectivity index (χ1) is 15.2. The number of hydrogen-bond acceptors (Lipinski definition) is 4. The summed E-state index contributed by atoms with van der Waals surface area (Å²) in [6, 6.07) is 12.0. The van der Waals surface area contributed by atoms with Crippen molar-refractivity contribution in [1.82, 2.24) is 15.5 Å². The van der Waals surface area contributed by atoms with Crippen molar-refractivity contribution < 1.29 is 19.2 Å². The minimum absolute atomic E-state index is 0.156. The monoisotopic (exact) mass is 435 g/mol. The average Bonchev–Trinajstić information content (AvgIpc) is 3.00. The molecule has 4 amide bonds. The molecule has 0 saturated heterocycles. The van der Waals surface area contributed by atoms with Gasteiger partial charge in [-0.15, -0.1) is 0 Å². The van der Waals surface area contributed by atoms with E-state index in [1.54, 1.807) is 12.1 Å². The number of nitrogens with one attached hydrogen (secondary N) is 2. The van der Waals surface area contributed by atoms with Gasteiger partial charge in [-0.2, -0.15) is 0 Å². The van der Waals surface area contributed by atoms with Crippen molar-refractivity contribution >= 4 is 23.6 Å². The Morgan fingerprint density at radius 2 is 1.31 bits per heavy atom. The summed E-state index contributed by atoms with van der Waals surface area (Å²) in [7, 11) is 0. The van der Waals surface area contributed by atoms with Crippen molar-refractivity contribution in [3.63, 3.8) is 0 Å². The summed E-state index contributed by atoms with van der Waals surface area (Å²) in [5.41, 5.74) is 2.60. The van der Waals surface area contributed by atoms with Crippen molar-refractivity contribution in [2.75, 3.05) is 19.6 Å². The molecule has 3 rings (SSSR count). The van der Waals surface area contributed by atoms with Gasteiger partial charge in [-0.1, -0.05) is 39.8 Å². The number of nitrogens with zero attached hydrogens (tertiary/aromatic N) is 1. The number of amides is 4. The van der Waals surface area contributed by atoms with Crippen LogP contribution in [0.5, 0.6) is 0 Å². The minimum atomic E-state index is -0.371. The maximum atomic E-state index is 12.6. The van der Waals surface area contributed by atoms with Crippen LogP contribution in [-0.2, 0) is 0 Å². The van der Waals surface area contributed by atoms with Crippen molar-refractivity contribution in [1.29, 1.82) is 0 Å². The van der Waals surface area contributed by atoms with Gasteiger partial charge in [-0.3, -0.25) is 24.1 Å². The lowest BCUT2D eigenvalue weighted by Gasteiger charge is -2.15. The summed E-state index contributed by atoms with van der Waals surface area (Å²) in [4.78, 5) is 50.9. The lowest BCUT2D eigenvalue weighted by atomic mass is 10.0. The standard InChI is InChI=1S/C25H29N3O4/c1-15(2)14-28-24(31)20-10-9-19(13-21(20)25(28)32)23(30)27-12-11-26-22(29)18-7-5-17(6-8-18)16(3)4/h5-10,13,15-16H,11-12,14H2,1-4H3,(H,26,29)(H,27,30). The molecular weight excluding hydrogens is 406 g/mol. The first kappa shape index (κ1) is 23.2. The van der Waals surface area contributed by atoms with Crippen LogP contribution < -0.4 is 10.6 Å². The van der Waals surface area contributed by atoms with E-state index in [0.717, 1.165) is 5.56 Å². The molecule has 1 aliphatic rings. The lowest BCUT2D eigenvalue weighted by molar-refractivity contribution is 0.0635. The maximum absolute atomic E-state index is 12.6. The van der Waals surface area contributed by atoms with Crippen molar-refractivity contribution in [2.45, 2.75) is 33.6 Å². The third-order valence-corrected chi connectivity index (χ3v) is 5.32. The Kier molecular flexibility index (Phi) is 7.08. The molecule has 2 aromatic carbocycles. The van der Waals surface area contributed by atoms with Gasteiger partial charge in [-0.25, -0.2) is 0 Å². The van der Waals surface area contributed by atoms with E-state index in [9.17, 15) is 19.2 Å². The van der Waals surface area contributed by atoms with Crippen LogP contribution in [0.3, 0.4) is 0 Å². The third-order valence-electron chi connectivity index (χ3n) is 5.32. The van der Waals surface area contributed by atoms with Crippen LogP contribution >= 0.6 is 0 Å². The van der Waals surface area contributed by atoms with Crippen LogP contribution in [0.2, 0.25) is 0 Å². The second-order valence-electron chi connectivity index (χ2n) is 8.66. The van der Waals surface area contributed by atoms with Crippen molar-refractivity contribution in [3.8, 4) is 0 Å². The molecule has 0 aliphatic carbocycles. The van der Waals surface area contributed by atoms with E-state index in [2.05, 4.69) is 24.5 Å². The highest BCUT2D eigenvalue weighted by Gasteiger charge is 2.36. The van der Waals surface area contributed by atoms with E-state index >= 15 is 0 Å². The molecule has 1 heterocycles. The molecule has 7 nitrogen and oxygen atoms in total. The quantitative estimate of drug-likeness (QED) is 0.492. The van der Waals surface area contributed by atoms with Gasteiger partial charge in [-0.05, 0) is 47.7 Å². The number of carbonyl (C=O) groups is 4. The molecule has 0 aromatic heterocycles. The number of fused-ring (bicyclic) bond motifs is 1. The minimum Gasteiger partial charge on any atom is -0.350 e. The number of rotatable bonds is 8. The summed E-state index contributed by atoms with van der Waals surface area (Å²) in [6.07, 6.45) is 0. The third kappa shape index (κ3) is 5.04. The van der Waals surface area contributed by atoms with Gasteiger partial charge in [0.15, 0.2) is 0 Å². The first-order valence-electron chi connectivity index (χ1n) is 10.9. The van der Waals surface area contributed by atoms with Crippen molar-refractivity contribution in [3.05, 3.63) is 70.3 Å².